The van der Waals surface area contributed by atoms with Crippen molar-refractivity contribution in [1.29, 1.82) is 0 Å². The first-order valence-corrected chi connectivity index (χ1v) is 11.4. The molecule has 32 heavy (non-hydrogen) atoms. The number of fused-ring (bicyclic) bond motifs is 5. The number of rotatable bonds is 3. The molecular weight excluding hydrogens is 420 g/mol. The minimum atomic E-state index is -0.154. The molecule has 2 aromatic carbocycles. The zero-order chi connectivity index (χ0) is 22.6. The third-order valence-corrected chi connectivity index (χ3v) is 6.84. The van der Waals surface area contributed by atoms with E-state index in [1.165, 1.54) is 5.57 Å². The highest BCUT2D eigenvalue weighted by Gasteiger charge is 2.33. The van der Waals surface area contributed by atoms with Crippen molar-refractivity contribution in [2.45, 2.75) is 32.9 Å². The summed E-state index contributed by atoms with van der Waals surface area (Å²) in [6.07, 6.45) is 4.31. The van der Waals surface area contributed by atoms with Gasteiger partial charge in [0.05, 0.1) is 18.2 Å². The summed E-state index contributed by atoms with van der Waals surface area (Å²) < 4.78 is 12.1. The fraction of sp³-hybridized carbons (Fsp3) is 0.231. The molecule has 1 aromatic heterocycles. The number of methoxy groups -OCH3 is 1. The monoisotopic (exact) mass is 446 g/mol. The third kappa shape index (κ3) is 3.18. The van der Waals surface area contributed by atoms with Crippen LogP contribution < -0.4 is 20.5 Å². The first kappa shape index (κ1) is 20.7. The first-order valence-electron chi connectivity index (χ1n) is 10.5. The summed E-state index contributed by atoms with van der Waals surface area (Å²) in [6, 6.07) is 9.60. The summed E-state index contributed by atoms with van der Waals surface area (Å²) in [5, 5.41) is 16.1. The minimum absolute atomic E-state index is 0.0844. The molecular formula is C26H26N2O3S. The Morgan fingerprint density at radius 1 is 1.16 bits per heavy atom. The van der Waals surface area contributed by atoms with Crippen molar-refractivity contribution >= 4 is 34.4 Å². The molecule has 0 radical (unpaired) electrons. The Bertz CT molecular complexity index is 1300. The molecule has 0 bridgehead atoms. The number of nitrogens with two attached hydrogens (primary N) is 1. The van der Waals surface area contributed by atoms with Crippen LogP contribution in [0.3, 0.4) is 0 Å². The van der Waals surface area contributed by atoms with Crippen LogP contribution in [0.2, 0.25) is 0 Å². The Balaban J connectivity index is 1.84. The number of aromatic hydroxyl groups is 1. The number of phenolic OH excluding ortho intramolecular Hbond substituents is 1. The second-order valence-corrected chi connectivity index (χ2v) is 9.65. The van der Waals surface area contributed by atoms with E-state index in [2.05, 4.69) is 50.4 Å². The van der Waals surface area contributed by atoms with Crippen LogP contribution in [0, 0.1) is 0 Å². The van der Waals surface area contributed by atoms with Crippen molar-refractivity contribution < 1.29 is 14.6 Å². The van der Waals surface area contributed by atoms with Crippen molar-refractivity contribution in [1.82, 2.24) is 0 Å². The maximum absolute atomic E-state index is 10.5. The molecule has 5 rings (SSSR count). The van der Waals surface area contributed by atoms with E-state index >= 15 is 0 Å². The topological polar surface area (TPSA) is 76.7 Å². The van der Waals surface area contributed by atoms with Gasteiger partial charge in [0.25, 0.3) is 0 Å². The minimum Gasteiger partial charge on any atom is -0.504 e. The van der Waals surface area contributed by atoms with E-state index in [0.29, 0.717) is 18.0 Å². The van der Waals surface area contributed by atoms with Crippen molar-refractivity contribution in [3.63, 3.8) is 0 Å². The van der Waals surface area contributed by atoms with Gasteiger partial charge in [-0.05, 0) is 67.6 Å². The molecule has 0 fully saturated rings. The lowest BCUT2D eigenvalue weighted by Crippen LogP contribution is -2.32. The van der Waals surface area contributed by atoms with Crippen molar-refractivity contribution in [3.05, 3.63) is 63.4 Å². The van der Waals surface area contributed by atoms with Crippen LogP contribution in [0.25, 0.3) is 28.5 Å². The maximum atomic E-state index is 10.5. The van der Waals surface area contributed by atoms with Gasteiger partial charge in [0.1, 0.15) is 11.5 Å². The third-order valence-electron chi connectivity index (χ3n) is 5.94. The van der Waals surface area contributed by atoms with E-state index in [1.807, 2.05) is 11.4 Å². The van der Waals surface area contributed by atoms with Crippen molar-refractivity contribution in [3.8, 4) is 28.4 Å². The van der Waals surface area contributed by atoms with Gasteiger partial charge in [-0.3, -0.25) is 0 Å². The Morgan fingerprint density at radius 3 is 2.72 bits per heavy atom. The molecule has 6 heteroatoms. The Labute approximate surface area is 191 Å². The normalized spacial score (nSPS) is 16.9. The summed E-state index contributed by atoms with van der Waals surface area (Å²) >= 11 is 1.64. The van der Waals surface area contributed by atoms with Crippen LogP contribution in [-0.4, -0.2) is 17.8 Å². The van der Waals surface area contributed by atoms with Crippen molar-refractivity contribution in [2.75, 3.05) is 12.4 Å². The largest absolute Gasteiger partial charge is 0.504 e. The molecule has 4 N–H and O–H groups in total. The standard InChI is InChI=1S/C26H26N2O3S/c1-14-12-26(2,3)28-17-6-5-16-23(22(14)17)20(11-21-15(13-27)9-10-32-21)31-19-8-7-18(29)25(30-4)24(16)19/h5-12,28-29H,13,27H2,1-4H3/b20-11-. The molecule has 3 heterocycles. The Morgan fingerprint density at radius 2 is 1.97 bits per heavy atom. The Hall–Kier alpha value is -3.22. The zero-order valence-corrected chi connectivity index (χ0v) is 19.4. The molecule has 0 amide bonds. The van der Waals surface area contributed by atoms with E-state index in [9.17, 15) is 5.11 Å². The van der Waals surface area contributed by atoms with Crippen LogP contribution in [0.15, 0.2) is 41.8 Å². The number of ether oxygens (including phenoxy) is 2. The summed E-state index contributed by atoms with van der Waals surface area (Å²) in [5.41, 5.74) is 12.9. The molecule has 164 valence electrons. The van der Waals surface area contributed by atoms with Crippen LogP contribution in [0.4, 0.5) is 5.69 Å². The zero-order valence-electron chi connectivity index (χ0n) is 18.6. The highest BCUT2D eigenvalue weighted by Crippen LogP contribution is 2.54. The number of benzene rings is 2. The van der Waals surface area contributed by atoms with Gasteiger partial charge in [-0.25, -0.2) is 0 Å². The average molecular weight is 447 g/mol. The predicted octanol–water partition coefficient (Wildman–Crippen LogP) is 6.09. The number of thiophene rings is 1. The van der Waals surface area contributed by atoms with E-state index in [-0.39, 0.29) is 11.3 Å². The maximum Gasteiger partial charge on any atom is 0.172 e. The second-order valence-electron chi connectivity index (χ2n) is 8.70. The van der Waals surface area contributed by atoms with Gasteiger partial charge in [-0.15, -0.1) is 11.3 Å². The summed E-state index contributed by atoms with van der Waals surface area (Å²) in [6.45, 7) is 6.91. The van der Waals surface area contributed by atoms with Crippen LogP contribution in [0.1, 0.15) is 42.3 Å². The predicted molar refractivity (Wildman–Crippen MR) is 132 cm³/mol. The molecule has 0 spiro atoms. The molecule has 5 nitrogen and oxygen atoms in total. The van der Waals surface area contributed by atoms with Crippen LogP contribution in [0.5, 0.6) is 17.2 Å². The van der Waals surface area contributed by atoms with E-state index in [1.54, 1.807) is 30.6 Å². The van der Waals surface area contributed by atoms with Crippen LogP contribution in [-0.2, 0) is 6.54 Å². The lowest BCUT2D eigenvalue weighted by Gasteiger charge is -2.35. The quantitative estimate of drug-likeness (QED) is 0.454. The summed E-state index contributed by atoms with van der Waals surface area (Å²) in [4.78, 5) is 1.07. The SMILES string of the molecule is COc1c(O)ccc2c1-c1ccc3c(c1/C(=C/c1sccc1CN)O2)C(C)=CC(C)(C)N3. The fourth-order valence-corrected chi connectivity index (χ4v) is 5.57. The number of allylic oxidation sites excluding steroid dienone is 1. The number of anilines is 1. The highest BCUT2D eigenvalue weighted by atomic mass is 32.1. The molecule has 2 aliphatic rings. The number of nitrogens with one attached hydrogen (secondary N) is 1. The van der Waals surface area contributed by atoms with Gasteiger partial charge in [-0.2, -0.15) is 0 Å². The van der Waals surface area contributed by atoms with E-state index < -0.39 is 0 Å². The van der Waals surface area contributed by atoms with Gasteiger partial charge in [0, 0.05) is 33.8 Å². The first-order chi connectivity index (χ1) is 15.3. The van der Waals surface area contributed by atoms with Crippen molar-refractivity contribution in [2.24, 2.45) is 5.73 Å². The van der Waals surface area contributed by atoms with Gasteiger partial charge in [0.2, 0.25) is 0 Å². The molecule has 0 aliphatic carbocycles. The molecule has 0 saturated heterocycles. The number of phenols is 1. The molecule has 0 atom stereocenters. The average Bonchev–Trinajstić information content (AvgIpc) is 3.19. The van der Waals surface area contributed by atoms with Gasteiger partial charge >= 0.3 is 0 Å². The van der Waals surface area contributed by atoms with Gasteiger partial charge in [-0.1, -0.05) is 12.1 Å². The Kier molecular flexibility index (Phi) is 4.80. The molecule has 2 aliphatic heterocycles. The molecule has 0 unspecified atom stereocenters. The molecule has 3 aromatic rings. The smallest absolute Gasteiger partial charge is 0.172 e. The summed E-state index contributed by atoms with van der Waals surface area (Å²) in [7, 11) is 1.56. The van der Waals surface area contributed by atoms with E-state index in [0.717, 1.165) is 44.1 Å². The number of hydrogen-bond acceptors (Lipinski definition) is 6. The van der Waals surface area contributed by atoms with E-state index in [4.69, 9.17) is 15.2 Å². The fourth-order valence-electron chi connectivity index (χ4n) is 4.71. The van der Waals surface area contributed by atoms with Crippen LogP contribution >= 0.6 is 11.3 Å². The second kappa shape index (κ2) is 7.43. The molecule has 0 saturated carbocycles. The lowest BCUT2D eigenvalue weighted by atomic mass is 9.83. The lowest BCUT2D eigenvalue weighted by molar-refractivity contribution is 0.371. The number of hydrogen-bond donors (Lipinski definition) is 3. The highest BCUT2D eigenvalue weighted by molar-refractivity contribution is 7.11. The summed E-state index contributed by atoms with van der Waals surface area (Å²) in [5.74, 6) is 1.90. The van der Waals surface area contributed by atoms with Gasteiger partial charge < -0.3 is 25.6 Å². The van der Waals surface area contributed by atoms with Gasteiger partial charge in [0.15, 0.2) is 11.5 Å².